The van der Waals surface area contributed by atoms with Gasteiger partial charge in [-0.25, -0.2) is 9.97 Å². The molecule has 1 amide bonds. The Morgan fingerprint density at radius 3 is 2.41 bits per heavy atom. The molecule has 9 heteroatoms. The van der Waals surface area contributed by atoms with Crippen LogP contribution < -0.4 is 10.6 Å². The number of hydrogen-bond donors (Lipinski definition) is 5. The van der Waals surface area contributed by atoms with Gasteiger partial charge in [-0.05, 0) is 32.0 Å². The minimum Gasteiger partial charge on any atom is -0.507 e. The summed E-state index contributed by atoms with van der Waals surface area (Å²) in [6, 6.07) is 2.72. The molecule has 1 aromatic heterocycles. The van der Waals surface area contributed by atoms with Gasteiger partial charge in [0, 0.05) is 18.7 Å². The van der Waals surface area contributed by atoms with Crippen molar-refractivity contribution in [2.24, 2.45) is 0 Å². The highest BCUT2D eigenvalue weighted by molar-refractivity contribution is 6.09. The fourth-order valence-electron chi connectivity index (χ4n) is 3.03. The van der Waals surface area contributed by atoms with Gasteiger partial charge in [-0.2, -0.15) is 0 Å². The number of fused-ring (bicyclic) bond motifs is 2. The number of aromatic nitrogens is 2. The molecule has 0 atom stereocenters. The van der Waals surface area contributed by atoms with Crippen molar-refractivity contribution in [2.75, 3.05) is 19.6 Å². The van der Waals surface area contributed by atoms with Gasteiger partial charge in [-0.1, -0.05) is 6.92 Å². The lowest BCUT2D eigenvalue weighted by Crippen LogP contribution is -2.32. The van der Waals surface area contributed by atoms with Gasteiger partial charge in [-0.15, -0.1) is 0 Å². The van der Waals surface area contributed by atoms with E-state index in [0.717, 1.165) is 13.0 Å². The molecule has 2 aromatic carbocycles. The molecular weight excluding hydrogens is 376 g/mol. The normalized spacial score (nSPS) is 11.1. The van der Waals surface area contributed by atoms with E-state index in [1.54, 1.807) is 0 Å². The average Bonchev–Trinajstić information content (AvgIpc) is 2.72. The quantitative estimate of drug-likeness (QED) is 0.230. The molecular formula is C20H22N4O5. The molecule has 152 valence electrons. The molecule has 0 saturated heterocycles. The summed E-state index contributed by atoms with van der Waals surface area (Å²) < 4.78 is 0. The first-order valence-corrected chi connectivity index (χ1v) is 9.22. The number of phenolic OH excluding ortho intramolecular Hbond substituents is 3. The predicted molar refractivity (Wildman–Crippen MR) is 108 cm³/mol. The second-order valence-corrected chi connectivity index (χ2v) is 6.61. The van der Waals surface area contributed by atoms with E-state index in [1.807, 2.05) is 6.92 Å². The van der Waals surface area contributed by atoms with E-state index in [-0.39, 0.29) is 50.3 Å². The number of benzene rings is 2. The zero-order chi connectivity index (χ0) is 21.1. The van der Waals surface area contributed by atoms with Crippen LogP contribution in [-0.2, 0) is 0 Å². The van der Waals surface area contributed by atoms with Crippen molar-refractivity contribution in [3.63, 3.8) is 0 Å². The number of carbonyl (C=O) groups is 2. The van der Waals surface area contributed by atoms with E-state index in [9.17, 15) is 24.9 Å². The van der Waals surface area contributed by atoms with Crippen LogP contribution >= 0.6 is 0 Å². The van der Waals surface area contributed by atoms with E-state index in [2.05, 4.69) is 20.6 Å². The fourth-order valence-corrected chi connectivity index (χ4v) is 3.03. The molecule has 3 aromatic rings. The lowest BCUT2D eigenvalue weighted by atomic mass is 10.0. The molecule has 5 N–H and O–H groups in total. The standard InChI is InChI=1S/C20H22N4O5/c1-3-6-21-7-8-22-20(29)11-4-5-13(26)16-14(11)24-17-15(23-16)12(9-25)18(27)10(2)19(17)28/h4-5,9,21,26-28H,3,6-8H2,1-2H3,(H,22,29). The van der Waals surface area contributed by atoms with Crippen LogP contribution in [0.1, 0.15) is 39.6 Å². The summed E-state index contributed by atoms with van der Waals surface area (Å²) in [6.07, 6.45) is 1.39. The topological polar surface area (TPSA) is 145 Å². The molecule has 3 rings (SSSR count). The first-order chi connectivity index (χ1) is 13.9. The first kappa shape index (κ1) is 20.3. The van der Waals surface area contributed by atoms with E-state index < -0.39 is 11.7 Å². The van der Waals surface area contributed by atoms with Crippen molar-refractivity contribution < 1.29 is 24.9 Å². The Bertz CT molecular complexity index is 1110. The number of rotatable bonds is 7. The second kappa shape index (κ2) is 8.27. The highest BCUT2D eigenvalue weighted by Crippen LogP contribution is 2.38. The number of aromatic hydroxyl groups is 3. The number of aldehydes is 1. The van der Waals surface area contributed by atoms with Crippen LogP contribution in [0.15, 0.2) is 12.1 Å². The first-order valence-electron chi connectivity index (χ1n) is 9.22. The summed E-state index contributed by atoms with van der Waals surface area (Å²) >= 11 is 0. The van der Waals surface area contributed by atoms with Crippen LogP contribution in [0.2, 0.25) is 0 Å². The van der Waals surface area contributed by atoms with Crippen LogP contribution in [-0.4, -0.2) is 57.1 Å². The Labute approximate surface area is 166 Å². The number of amides is 1. The zero-order valence-electron chi connectivity index (χ0n) is 16.1. The summed E-state index contributed by atoms with van der Waals surface area (Å²) in [4.78, 5) is 32.6. The van der Waals surface area contributed by atoms with Gasteiger partial charge in [0.25, 0.3) is 5.91 Å². The third kappa shape index (κ3) is 3.64. The summed E-state index contributed by atoms with van der Waals surface area (Å²) in [7, 11) is 0. The van der Waals surface area contributed by atoms with Crippen LogP contribution in [0.3, 0.4) is 0 Å². The number of phenols is 3. The van der Waals surface area contributed by atoms with Crippen LogP contribution in [0, 0.1) is 6.92 Å². The van der Waals surface area contributed by atoms with Crippen molar-refractivity contribution in [3.05, 3.63) is 28.8 Å². The van der Waals surface area contributed by atoms with E-state index in [0.29, 0.717) is 19.4 Å². The van der Waals surface area contributed by atoms with Crippen molar-refractivity contribution in [3.8, 4) is 17.2 Å². The summed E-state index contributed by atoms with van der Waals surface area (Å²) in [5.74, 6) is -1.41. The predicted octanol–water partition coefficient (Wildman–Crippen LogP) is 1.75. The Balaban J connectivity index is 2.13. The molecule has 29 heavy (non-hydrogen) atoms. The number of carbonyl (C=O) groups excluding carboxylic acids is 2. The minimum absolute atomic E-state index is 0.0139. The maximum absolute atomic E-state index is 12.6. The summed E-state index contributed by atoms with van der Waals surface area (Å²) in [6.45, 7) is 5.33. The van der Waals surface area contributed by atoms with Gasteiger partial charge in [0.1, 0.15) is 39.3 Å². The largest absolute Gasteiger partial charge is 0.507 e. The van der Waals surface area contributed by atoms with Crippen LogP contribution in [0.4, 0.5) is 0 Å². The van der Waals surface area contributed by atoms with E-state index in [4.69, 9.17) is 0 Å². The number of nitrogens with one attached hydrogen (secondary N) is 2. The maximum atomic E-state index is 12.6. The molecule has 0 aliphatic heterocycles. The van der Waals surface area contributed by atoms with E-state index in [1.165, 1.54) is 19.1 Å². The van der Waals surface area contributed by atoms with Gasteiger partial charge in [0.15, 0.2) is 6.29 Å². The zero-order valence-corrected chi connectivity index (χ0v) is 16.1. The van der Waals surface area contributed by atoms with Crippen LogP contribution in [0.25, 0.3) is 22.1 Å². The molecule has 0 aliphatic carbocycles. The molecule has 0 spiro atoms. The highest BCUT2D eigenvalue weighted by Gasteiger charge is 2.22. The van der Waals surface area contributed by atoms with Crippen molar-refractivity contribution in [1.82, 2.24) is 20.6 Å². The molecule has 0 radical (unpaired) electrons. The fraction of sp³-hybridized carbons (Fsp3) is 0.300. The third-order valence-electron chi connectivity index (χ3n) is 4.62. The van der Waals surface area contributed by atoms with Gasteiger partial charge < -0.3 is 26.0 Å². The summed E-state index contributed by atoms with van der Waals surface area (Å²) in [5, 5.41) is 36.7. The molecule has 1 heterocycles. The lowest BCUT2D eigenvalue weighted by molar-refractivity contribution is 0.0955. The van der Waals surface area contributed by atoms with Crippen LogP contribution in [0.5, 0.6) is 17.2 Å². The lowest BCUT2D eigenvalue weighted by Gasteiger charge is -2.13. The Kier molecular flexibility index (Phi) is 5.79. The molecule has 0 fully saturated rings. The monoisotopic (exact) mass is 398 g/mol. The highest BCUT2D eigenvalue weighted by atomic mass is 16.3. The van der Waals surface area contributed by atoms with Gasteiger partial charge in [0.05, 0.1) is 11.1 Å². The molecule has 0 aliphatic rings. The second-order valence-electron chi connectivity index (χ2n) is 6.61. The smallest absolute Gasteiger partial charge is 0.253 e. The van der Waals surface area contributed by atoms with Gasteiger partial charge >= 0.3 is 0 Å². The van der Waals surface area contributed by atoms with Crippen molar-refractivity contribution in [2.45, 2.75) is 20.3 Å². The molecule has 0 saturated carbocycles. The van der Waals surface area contributed by atoms with E-state index >= 15 is 0 Å². The van der Waals surface area contributed by atoms with Crippen molar-refractivity contribution >= 4 is 34.3 Å². The molecule has 0 unspecified atom stereocenters. The maximum Gasteiger partial charge on any atom is 0.253 e. The third-order valence-corrected chi connectivity index (χ3v) is 4.62. The Morgan fingerprint density at radius 2 is 1.72 bits per heavy atom. The number of hydrogen-bond acceptors (Lipinski definition) is 8. The Hall–Kier alpha value is -3.46. The Morgan fingerprint density at radius 1 is 1.00 bits per heavy atom. The molecule has 0 bridgehead atoms. The van der Waals surface area contributed by atoms with Gasteiger partial charge in [0.2, 0.25) is 0 Å². The van der Waals surface area contributed by atoms with Gasteiger partial charge in [-0.3, -0.25) is 9.59 Å². The number of nitrogens with zero attached hydrogens (tertiary/aromatic N) is 2. The average molecular weight is 398 g/mol. The summed E-state index contributed by atoms with van der Waals surface area (Å²) in [5.41, 5.74) is 0.0421. The van der Waals surface area contributed by atoms with Crippen molar-refractivity contribution in [1.29, 1.82) is 0 Å². The SMILES string of the molecule is CCCNCCNC(=O)c1ccc(O)c2nc3c(C=O)c(O)c(C)c(O)c3nc12. The minimum atomic E-state index is -0.411. The molecule has 9 nitrogen and oxygen atoms in total.